The molecule has 20 heavy (non-hydrogen) atoms. The summed E-state index contributed by atoms with van der Waals surface area (Å²) in [5.74, 6) is -1.24. The lowest BCUT2D eigenvalue weighted by molar-refractivity contribution is 0.0950. The quantitative estimate of drug-likeness (QED) is 0.805. The first-order chi connectivity index (χ1) is 9.47. The zero-order valence-corrected chi connectivity index (χ0v) is 13.3. The van der Waals surface area contributed by atoms with Gasteiger partial charge in [-0.1, -0.05) is 15.9 Å². The molecular formula is C14H9Br2F2NO. The van der Waals surface area contributed by atoms with E-state index in [1.807, 2.05) is 0 Å². The van der Waals surface area contributed by atoms with Crippen molar-refractivity contribution in [3.05, 3.63) is 68.1 Å². The first-order valence-corrected chi connectivity index (χ1v) is 7.23. The van der Waals surface area contributed by atoms with E-state index >= 15 is 0 Å². The summed E-state index contributed by atoms with van der Waals surface area (Å²) >= 11 is 6.36. The van der Waals surface area contributed by atoms with Gasteiger partial charge in [0.2, 0.25) is 0 Å². The molecule has 0 aliphatic carbocycles. The monoisotopic (exact) mass is 403 g/mol. The van der Waals surface area contributed by atoms with Crippen molar-refractivity contribution in [1.82, 2.24) is 5.32 Å². The number of benzene rings is 2. The van der Waals surface area contributed by atoms with Gasteiger partial charge in [0.1, 0.15) is 11.6 Å². The minimum absolute atomic E-state index is 0.0495. The lowest BCUT2D eigenvalue weighted by Gasteiger charge is -2.08. The van der Waals surface area contributed by atoms with Gasteiger partial charge in [-0.15, -0.1) is 0 Å². The fourth-order valence-electron chi connectivity index (χ4n) is 1.62. The molecule has 0 fully saturated rings. The number of carbonyl (C=O) groups is 1. The Morgan fingerprint density at radius 1 is 1.10 bits per heavy atom. The van der Waals surface area contributed by atoms with Crippen LogP contribution in [0.1, 0.15) is 15.9 Å². The Morgan fingerprint density at radius 3 is 2.55 bits per heavy atom. The maximum Gasteiger partial charge on any atom is 0.252 e. The van der Waals surface area contributed by atoms with Crippen LogP contribution in [-0.4, -0.2) is 5.91 Å². The smallest absolute Gasteiger partial charge is 0.252 e. The Kier molecular flexibility index (Phi) is 4.88. The fourth-order valence-corrected chi connectivity index (χ4v) is 2.56. The minimum Gasteiger partial charge on any atom is -0.348 e. The summed E-state index contributed by atoms with van der Waals surface area (Å²) in [6.07, 6.45) is 0. The molecule has 2 aromatic carbocycles. The number of hydrogen-bond donors (Lipinski definition) is 1. The average Bonchev–Trinajstić information content (AvgIpc) is 2.39. The summed E-state index contributed by atoms with van der Waals surface area (Å²) in [4.78, 5) is 11.9. The first kappa shape index (κ1) is 15.1. The third-order valence-corrected chi connectivity index (χ3v) is 3.77. The van der Waals surface area contributed by atoms with Crippen molar-refractivity contribution in [3.8, 4) is 0 Å². The largest absolute Gasteiger partial charge is 0.348 e. The number of carbonyl (C=O) groups excluding carboxylic acids is 1. The van der Waals surface area contributed by atoms with E-state index in [0.29, 0.717) is 15.6 Å². The van der Waals surface area contributed by atoms with Crippen molar-refractivity contribution in [2.45, 2.75) is 6.54 Å². The zero-order valence-electron chi connectivity index (χ0n) is 10.1. The normalized spacial score (nSPS) is 10.4. The molecule has 2 rings (SSSR count). The standard InChI is InChI=1S/C14H9Br2F2NO/c15-9-1-4-13(18)8(5-9)7-19-14(20)11-3-2-10(17)6-12(11)16/h1-6H,7H2,(H,19,20). The molecule has 0 spiro atoms. The van der Waals surface area contributed by atoms with Gasteiger partial charge in [-0.25, -0.2) is 8.78 Å². The van der Waals surface area contributed by atoms with Crippen molar-refractivity contribution >= 4 is 37.8 Å². The molecule has 0 unspecified atom stereocenters. The topological polar surface area (TPSA) is 29.1 Å². The Labute approximate surface area is 131 Å². The molecule has 0 saturated heterocycles. The number of halogens is 4. The van der Waals surface area contributed by atoms with Gasteiger partial charge in [0.15, 0.2) is 0 Å². The molecular weight excluding hydrogens is 396 g/mol. The van der Waals surface area contributed by atoms with E-state index in [2.05, 4.69) is 37.2 Å². The van der Waals surface area contributed by atoms with Crippen LogP contribution in [0.5, 0.6) is 0 Å². The van der Waals surface area contributed by atoms with Crippen LogP contribution in [-0.2, 0) is 6.54 Å². The Bertz CT molecular complexity index is 662. The maximum atomic E-state index is 13.5. The van der Waals surface area contributed by atoms with Crippen LogP contribution < -0.4 is 5.32 Å². The highest BCUT2D eigenvalue weighted by Crippen LogP contribution is 2.19. The molecule has 0 aliphatic rings. The van der Waals surface area contributed by atoms with E-state index in [0.717, 1.165) is 4.47 Å². The van der Waals surface area contributed by atoms with E-state index in [1.54, 1.807) is 12.1 Å². The molecule has 0 heterocycles. The van der Waals surface area contributed by atoms with Crippen molar-refractivity contribution in [2.24, 2.45) is 0 Å². The molecule has 0 aliphatic heterocycles. The first-order valence-electron chi connectivity index (χ1n) is 5.64. The van der Waals surface area contributed by atoms with Gasteiger partial charge in [0.25, 0.3) is 5.91 Å². The van der Waals surface area contributed by atoms with Crippen LogP contribution in [0.3, 0.4) is 0 Å². The zero-order chi connectivity index (χ0) is 14.7. The summed E-state index contributed by atoms with van der Waals surface area (Å²) in [5.41, 5.74) is 0.660. The molecule has 1 N–H and O–H groups in total. The van der Waals surface area contributed by atoms with Gasteiger partial charge >= 0.3 is 0 Å². The molecule has 1 amide bonds. The van der Waals surface area contributed by atoms with Gasteiger partial charge in [0, 0.05) is 21.1 Å². The third kappa shape index (κ3) is 3.64. The summed E-state index contributed by atoms with van der Waals surface area (Å²) in [7, 11) is 0. The summed E-state index contributed by atoms with van der Waals surface area (Å²) < 4.78 is 27.5. The molecule has 104 valence electrons. The van der Waals surface area contributed by atoms with E-state index in [4.69, 9.17) is 0 Å². The lowest BCUT2D eigenvalue weighted by atomic mass is 10.2. The minimum atomic E-state index is -0.438. The Hall–Kier alpha value is -1.27. The van der Waals surface area contributed by atoms with E-state index in [1.165, 1.54) is 24.3 Å². The number of nitrogens with one attached hydrogen (secondary N) is 1. The fraction of sp³-hybridized carbons (Fsp3) is 0.0714. The van der Waals surface area contributed by atoms with Crippen LogP contribution in [0.25, 0.3) is 0 Å². The lowest BCUT2D eigenvalue weighted by Crippen LogP contribution is -2.23. The Balaban J connectivity index is 2.10. The van der Waals surface area contributed by atoms with Gasteiger partial charge < -0.3 is 5.32 Å². The van der Waals surface area contributed by atoms with Gasteiger partial charge in [-0.2, -0.15) is 0 Å². The van der Waals surface area contributed by atoms with E-state index in [-0.39, 0.29) is 6.54 Å². The molecule has 0 aromatic heterocycles. The van der Waals surface area contributed by atoms with Crippen LogP contribution in [0.15, 0.2) is 45.3 Å². The van der Waals surface area contributed by atoms with E-state index in [9.17, 15) is 13.6 Å². The Morgan fingerprint density at radius 2 is 1.85 bits per heavy atom. The van der Waals surface area contributed by atoms with Crippen molar-refractivity contribution in [1.29, 1.82) is 0 Å². The third-order valence-electron chi connectivity index (χ3n) is 2.62. The van der Waals surface area contributed by atoms with Crippen LogP contribution in [0.2, 0.25) is 0 Å². The second-order valence-electron chi connectivity index (χ2n) is 4.04. The second-order valence-corrected chi connectivity index (χ2v) is 5.81. The van der Waals surface area contributed by atoms with Crippen LogP contribution in [0.4, 0.5) is 8.78 Å². The van der Waals surface area contributed by atoms with Crippen LogP contribution in [0, 0.1) is 11.6 Å². The average molecular weight is 405 g/mol. The second kappa shape index (κ2) is 6.45. The molecule has 2 aromatic rings. The van der Waals surface area contributed by atoms with Crippen molar-refractivity contribution < 1.29 is 13.6 Å². The molecule has 6 heteroatoms. The highest BCUT2D eigenvalue weighted by Gasteiger charge is 2.11. The summed E-state index contributed by atoms with van der Waals surface area (Å²) in [6, 6.07) is 8.26. The van der Waals surface area contributed by atoms with Gasteiger partial charge in [0.05, 0.1) is 5.56 Å². The summed E-state index contributed by atoms with van der Waals surface area (Å²) in [6.45, 7) is 0.0495. The molecule has 0 radical (unpaired) electrons. The van der Waals surface area contributed by atoms with Gasteiger partial charge in [-0.3, -0.25) is 4.79 Å². The number of rotatable bonds is 3. The van der Waals surface area contributed by atoms with Crippen LogP contribution >= 0.6 is 31.9 Å². The molecule has 0 atom stereocenters. The highest BCUT2D eigenvalue weighted by atomic mass is 79.9. The maximum absolute atomic E-state index is 13.5. The SMILES string of the molecule is O=C(NCc1cc(Br)ccc1F)c1ccc(F)cc1Br. The molecule has 0 saturated carbocycles. The van der Waals surface area contributed by atoms with Gasteiger partial charge in [-0.05, 0) is 52.3 Å². The van der Waals surface area contributed by atoms with Crippen molar-refractivity contribution in [3.63, 3.8) is 0 Å². The molecule has 2 nitrogen and oxygen atoms in total. The predicted molar refractivity (Wildman–Crippen MR) is 79.4 cm³/mol. The molecule has 0 bridgehead atoms. The summed E-state index contributed by atoms with van der Waals surface area (Å²) in [5, 5.41) is 2.59. The number of amides is 1. The number of hydrogen-bond acceptors (Lipinski definition) is 1. The predicted octanol–water partition coefficient (Wildman–Crippen LogP) is 4.42. The highest BCUT2D eigenvalue weighted by molar-refractivity contribution is 9.10. The van der Waals surface area contributed by atoms with Crippen molar-refractivity contribution in [2.75, 3.05) is 0 Å². The van der Waals surface area contributed by atoms with E-state index < -0.39 is 17.5 Å².